The van der Waals surface area contributed by atoms with Gasteiger partial charge in [-0.1, -0.05) is 32.1 Å². The summed E-state index contributed by atoms with van der Waals surface area (Å²) >= 11 is 1.35. The summed E-state index contributed by atoms with van der Waals surface area (Å²) in [5.41, 5.74) is 0.633. The Balaban J connectivity index is 1.58. The van der Waals surface area contributed by atoms with Crippen molar-refractivity contribution in [2.45, 2.75) is 79.4 Å². The van der Waals surface area contributed by atoms with Crippen LogP contribution in [0.1, 0.15) is 58.3 Å². The van der Waals surface area contributed by atoms with Crippen LogP contribution in [0.3, 0.4) is 0 Å². The summed E-state index contributed by atoms with van der Waals surface area (Å²) in [6.07, 6.45) is 7.83. The lowest BCUT2D eigenvalue weighted by Gasteiger charge is -2.22. The molecule has 1 unspecified atom stereocenters. The van der Waals surface area contributed by atoms with E-state index < -0.39 is 9.84 Å². The van der Waals surface area contributed by atoms with Crippen LogP contribution in [-0.4, -0.2) is 37.3 Å². The molecule has 1 saturated carbocycles. The van der Waals surface area contributed by atoms with Gasteiger partial charge in [-0.05, 0) is 38.0 Å². The van der Waals surface area contributed by atoms with Gasteiger partial charge in [0, 0.05) is 17.4 Å². The average molecular weight is 425 g/mol. The first-order chi connectivity index (χ1) is 13.3. The Morgan fingerprint density at radius 1 is 1.18 bits per heavy atom. The number of rotatable bonds is 5. The minimum Gasteiger partial charge on any atom is -0.353 e. The van der Waals surface area contributed by atoms with E-state index >= 15 is 0 Å². The molecule has 2 N–H and O–H groups in total. The van der Waals surface area contributed by atoms with E-state index in [1.807, 2.05) is 0 Å². The zero-order chi connectivity index (χ0) is 20.1. The first-order valence-electron chi connectivity index (χ1n) is 9.99. The molecule has 1 fully saturated rings. The van der Waals surface area contributed by atoms with E-state index in [1.54, 1.807) is 19.1 Å². The molecule has 6 nitrogen and oxygen atoms in total. The van der Waals surface area contributed by atoms with Gasteiger partial charge in [-0.15, -0.1) is 11.8 Å². The van der Waals surface area contributed by atoms with Crippen LogP contribution in [0.5, 0.6) is 0 Å². The fourth-order valence-corrected chi connectivity index (χ4v) is 5.95. The van der Waals surface area contributed by atoms with Crippen molar-refractivity contribution >= 4 is 39.1 Å². The van der Waals surface area contributed by atoms with Crippen LogP contribution in [0.15, 0.2) is 28.0 Å². The number of benzene rings is 1. The lowest BCUT2D eigenvalue weighted by molar-refractivity contribution is -0.121. The molecule has 0 saturated heterocycles. The van der Waals surface area contributed by atoms with Crippen LogP contribution < -0.4 is 10.6 Å². The Bertz CT molecular complexity index is 831. The predicted molar refractivity (Wildman–Crippen MR) is 111 cm³/mol. The number of amides is 2. The van der Waals surface area contributed by atoms with Crippen LogP contribution in [0.4, 0.5) is 5.69 Å². The number of hydrogen-bond acceptors (Lipinski definition) is 5. The van der Waals surface area contributed by atoms with E-state index in [4.69, 9.17) is 0 Å². The van der Waals surface area contributed by atoms with E-state index in [2.05, 4.69) is 10.6 Å². The first kappa shape index (κ1) is 21.2. The van der Waals surface area contributed by atoms with Crippen LogP contribution in [0.25, 0.3) is 0 Å². The highest BCUT2D eigenvalue weighted by atomic mass is 32.2. The smallest absolute Gasteiger partial charge is 0.237 e. The summed E-state index contributed by atoms with van der Waals surface area (Å²) < 4.78 is 25.4. The second-order valence-electron chi connectivity index (χ2n) is 7.59. The lowest BCUT2D eigenvalue weighted by atomic mass is 9.97. The summed E-state index contributed by atoms with van der Waals surface area (Å²) in [4.78, 5) is 24.9. The fraction of sp³-hybridized carbons (Fsp3) is 0.600. The highest BCUT2D eigenvalue weighted by Crippen LogP contribution is 2.37. The second kappa shape index (κ2) is 9.31. The zero-order valence-corrected chi connectivity index (χ0v) is 17.8. The van der Waals surface area contributed by atoms with Crippen molar-refractivity contribution in [1.82, 2.24) is 5.32 Å². The Labute approximate surface area is 171 Å². The van der Waals surface area contributed by atoms with Crippen molar-refractivity contribution in [3.05, 3.63) is 18.2 Å². The highest BCUT2D eigenvalue weighted by Gasteiger charge is 2.25. The molecule has 8 heteroatoms. The van der Waals surface area contributed by atoms with Crippen LogP contribution in [0, 0.1) is 0 Å². The maximum Gasteiger partial charge on any atom is 0.237 e. The summed E-state index contributed by atoms with van der Waals surface area (Å²) in [6, 6.07) is 4.88. The van der Waals surface area contributed by atoms with Gasteiger partial charge < -0.3 is 10.6 Å². The monoisotopic (exact) mass is 424 g/mol. The molecule has 1 atom stereocenters. The second-order valence-corrected chi connectivity index (χ2v) is 11.1. The van der Waals surface area contributed by atoms with E-state index in [9.17, 15) is 18.0 Å². The molecular formula is C20H28N2O4S2. The number of carbonyl (C=O) groups excluding carboxylic acids is 2. The molecule has 0 aromatic heterocycles. The minimum atomic E-state index is -3.56. The van der Waals surface area contributed by atoms with E-state index in [1.165, 1.54) is 37.1 Å². The highest BCUT2D eigenvalue weighted by molar-refractivity contribution is 8.01. The largest absolute Gasteiger partial charge is 0.353 e. The van der Waals surface area contributed by atoms with E-state index in [0.717, 1.165) is 30.6 Å². The Hall–Kier alpha value is -1.54. The molecule has 1 aromatic rings. The molecular weight excluding hydrogens is 396 g/mol. The molecule has 1 aliphatic carbocycles. The number of thioether (sulfide) groups is 1. The van der Waals surface area contributed by atoms with Gasteiger partial charge >= 0.3 is 0 Å². The van der Waals surface area contributed by atoms with Crippen molar-refractivity contribution in [3.63, 3.8) is 0 Å². The topological polar surface area (TPSA) is 92.3 Å². The Morgan fingerprint density at radius 2 is 1.86 bits per heavy atom. The SMILES string of the molecule is CC1Sc2cc(S(=O)(=O)CCC(=O)NC3CCCCCCC3)ccc2NC1=O. The van der Waals surface area contributed by atoms with Gasteiger partial charge in [0.25, 0.3) is 0 Å². The molecule has 2 aliphatic rings. The van der Waals surface area contributed by atoms with Crippen LogP contribution >= 0.6 is 11.8 Å². The Kier molecular flexibility index (Phi) is 7.04. The van der Waals surface area contributed by atoms with Gasteiger partial charge in [-0.25, -0.2) is 8.42 Å². The molecule has 0 spiro atoms. The van der Waals surface area contributed by atoms with Gasteiger partial charge in [-0.3, -0.25) is 9.59 Å². The van der Waals surface area contributed by atoms with Gasteiger partial charge in [0.15, 0.2) is 9.84 Å². The van der Waals surface area contributed by atoms with Crippen molar-refractivity contribution in [2.75, 3.05) is 11.1 Å². The Morgan fingerprint density at radius 3 is 2.57 bits per heavy atom. The van der Waals surface area contributed by atoms with Crippen molar-refractivity contribution < 1.29 is 18.0 Å². The molecule has 28 heavy (non-hydrogen) atoms. The molecule has 0 radical (unpaired) electrons. The van der Waals surface area contributed by atoms with Gasteiger partial charge in [0.05, 0.1) is 21.6 Å². The van der Waals surface area contributed by atoms with Crippen molar-refractivity contribution in [1.29, 1.82) is 0 Å². The predicted octanol–water partition coefficient (Wildman–Crippen LogP) is 3.51. The maximum atomic E-state index is 12.7. The summed E-state index contributed by atoms with van der Waals surface area (Å²) in [6.45, 7) is 1.78. The zero-order valence-electron chi connectivity index (χ0n) is 16.2. The number of nitrogens with one attached hydrogen (secondary N) is 2. The third-order valence-corrected chi connectivity index (χ3v) is 8.18. The number of hydrogen-bond donors (Lipinski definition) is 2. The number of fused-ring (bicyclic) bond motifs is 1. The quantitative estimate of drug-likeness (QED) is 0.755. The normalized spacial score (nSPS) is 21.2. The molecule has 2 amide bonds. The lowest BCUT2D eigenvalue weighted by Crippen LogP contribution is -2.36. The summed E-state index contributed by atoms with van der Waals surface area (Å²) in [5, 5.41) is 5.53. The van der Waals surface area contributed by atoms with Crippen LogP contribution in [0.2, 0.25) is 0 Å². The molecule has 1 heterocycles. The number of carbonyl (C=O) groups is 2. The minimum absolute atomic E-state index is 0.0315. The summed E-state index contributed by atoms with van der Waals surface area (Å²) in [7, 11) is -3.56. The number of sulfone groups is 1. The number of anilines is 1. The third-order valence-electron chi connectivity index (χ3n) is 5.31. The van der Waals surface area contributed by atoms with Gasteiger partial charge in [-0.2, -0.15) is 0 Å². The third kappa shape index (κ3) is 5.50. The molecule has 0 bridgehead atoms. The average Bonchev–Trinajstić information content (AvgIpc) is 2.63. The molecule has 154 valence electrons. The first-order valence-corrected chi connectivity index (χ1v) is 12.5. The van der Waals surface area contributed by atoms with E-state index in [0.29, 0.717) is 5.69 Å². The molecule has 3 rings (SSSR count). The summed E-state index contributed by atoms with van der Waals surface area (Å²) in [5.74, 6) is -0.488. The van der Waals surface area contributed by atoms with Crippen LogP contribution in [-0.2, 0) is 19.4 Å². The molecule has 1 aliphatic heterocycles. The van der Waals surface area contributed by atoms with Crippen molar-refractivity contribution in [2.24, 2.45) is 0 Å². The van der Waals surface area contributed by atoms with Gasteiger partial charge in [0.1, 0.15) is 0 Å². The molecule has 1 aromatic carbocycles. The van der Waals surface area contributed by atoms with Crippen molar-refractivity contribution in [3.8, 4) is 0 Å². The van der Waals surface area contributed by atoms with Gasteiger partial charge in [0.2, 0.25) is 11.8 Å². The van der Waals surface area contributed by atoms with E-state index in [-0.39, 0.29) is 40.2 Å². The fourth-order valence-electron chi connectivity index (χ4n) is 3.62. The standard InChI is InChI=1S/C20H28N2O4S2/c1-14-20(24)22-17-10-9-16(13-18(17)27-14)28(25,26)12-11-19(23)21-15-7-5-3-2-4-6-8-15/h9-10,13-15H,2-8,11-12H2,1H3,(H,21,23)(H,22,24). The maximum absolute atomic E-state index is 12.7.